The van der Waals surface area contributed by atoms with E-state index < -0.39 is 11.7 Å². The maximum Gasteiger partial charge on any atom is 0.276 e. The molecular weight excluding hydrogens is 489 g/mol. The number of nitrogens with zero attached hydrogens (tertiary/aromatic N) is 3. The zero-order valence-corrected chi connectivity index (χ0v) is 20.3. The van der Waals surface area contributed by atoms with Gasteiger partial charge >= 0.3 is 0 Å². The maximum atomic E-state index is 14.1. The summed E-state index contributed by atoms with van der Waals surface area (Å²) in [6, 6.07) is 16.4. The lowest BCUT2D eigenvalue weighted by molar-refractivity contribution is 0.102. The van der Waals surface area contributed by atoms with Crippen LogP contribution in [-0.2, 0) is 17.9 Å². The van der Waals surface area contributed by atoms with E-state index in [9.17, 15) is 19.1 Å². The number of benzene rings is 3. The number of hydrogen-bond donors (Lipinski definition) is 3. The second-order valence-corrected chi connectivity index (χ2v) is 9.35. The highest BCUT2D eigenvalue weighted by atomic mass is 19.1. The van der Waals surface area contributed by atoms with Crippen LogP contribution in [0.3, 0.4) is 0 Å². The molecule has 0 bridgehead atoms. The SMILES string of the molecule is O=C(Nc1ccc(-c2n[nH]c(=O)c3ccccc23)c(CO)c1)c1nn(CC2CCOC2)c2cc(F)ccc12. The number of aromatic nitrogens is 4. The molecule has 0 spiro atoms. The van der Waals surface area contributed by atoms with Crippen molar-refractivity contribution in [3.63, 3.8) is 0 Å². The molecule has 6 rings (SSSR count). The van der Waals surface area contributed by atoms with E-state index in [1.54, 1.807) is 47.1 Å². The van der Waals surface area contributed by atoms with Gasteiger partial charge in [-0.25, -0.2) is 9.49 Å². The molecule has 0 saturated carbocycles. The summed E-state index contributed by atoms with van der Waals surface area (Å²) < 4.78 is 21.2. The molecule has 2 aromatic heterocycles. The first-order valence-corrected chi connectivity index (χ1v) is 12.3. The number of ether oxygens (including phenoxy) is 1. The molecule has 9 nitrogen and oxygen atoms in total. The zero-order chi connectivity index (χ0) is 26.2. The molecule has 3 aromatic carbocycles. The average molecular weight is 514 g/mol. The molecule has 0 radical (unpaired) electrons. The summed E-state index contributed by atoms with van der Waals surface area (Å²) >= 11 is 0. The summed E-state index contributed by atoms with van der Waals surface area (Å²) in [6.07, 6.45) is 0.883. The van der Waals surface area contributed by atoms with E-state index in [-0.39, 0.29) is 23.8 Å². The first-order chi connectivity index (χ1) is 18.5. The van der Waals surface area contributed by atoms with Crippen molar-refractivity contribution >= 4 is 33.3 Å². The van der Waals surface area contributed by atoms with Crippen LogP contribution in [-0.4, -0.2) is 44.2 Å². The predicted octanol–water partition coefficient (Wildman–Crippen LogP) is 3.86. The number of hydrogen-bond acceptors (Lipinski definition) is 6. The van der Waals surface area contributed by atoms with Gasteiger partial charge in [0.1, 0.15) is 5.82 Å². The topological polar surface area (TPSA) is 122 Å². The van der Waals surface area contributed by atoms with E-state index >= 15 is 0 Å². The number of halogens is 1. The van der Waals surface area contributed by atoms with Crippen LogP contribution in [0.4, 0.5) is 10.1 Å². The molecule has 10 heteroatoms. The Hall–Kier alpha value is -4.41. The fraction of sp³-hybridized carbons (Fsp3) is 0.214. The van der Waals surface area contributed by atoms with Gasteiger partial charge in [-0.1, -0.05) is 24.3 Å². The average Bonchev–Trinajstić information content (AvgIpc) is 3.57. The number of H-pyrrole nitrogens is 1. The fourth-order valence-electron chi connectivity index (χ4n) is 4.97. The van der Waals surface area contributed by atoms with Crippen LogP contribution in [0.1, 0.15) is 22.5 Å². The Labute approximate surface area is 215 Å². The molecule has 3 heterocycles. The Morgan fingerprint density at radius 1 is 1.13 bits per heavy atom. The van der Waals surface area contributed by atoms with E-state index in [4.69, 9.17) is 4.74 Å². The summed E-state index contributed by atoms with van der Waals surface area (Å²) in [5.74, 6) is -0.610. The molecular formula is C28H24FN5O4. The highest BCUT2D eigenvalue weighted by Crippen LogP contribution is 2.30. The minimum Gasteiger partial charge on any atom is -0.392 e. The number of fused-ring (bicyclic) bond motifs is 2. The van der Waals surface area contributed by atoms with Crippen LogP contribution in [0, 0.1) is 11.7 Å². The summed E-state index contributed by atoms with van der Waals surface area (Å²) in [4.78, 5) is 25.5. The molecule has 0 aliphatic carbocycles. The second kappa shape index (κ2) is 9.81. The van der Waals surface area contributed by atoms with Crippen molar-refractivity contribution < 1.29 is 19.0 Å². The molecule has 5 aromatic rings. The van der Waals surface area contributed by atoms with E-state index in [1.165, 1.54) is 12.1 Å². The number of aromatic amines is 1. The quantitative estimate of drug-likeness (QED) is 0.317. The summed E-state index contributed by atoms with van der Waals surface area (Å²) in [5.41, 5.74) is 2.54. The van der Waals surface area contributed by atoms with Crippen molar-refractivity contribution in [2.24, 2.45) is 5.92 Å². The fourth-order valence-corrected chi connectivity index (χ4v) is 4.97. The van der Waals surface area contributed by atoms with Crippen molar-refractivity contribution in [3.8, 4) is 11.3 Å². The molecule has 1 aliphatic heterocycles. The Morgan fingerprint density at radius 3 is 2.76 bits per heavy atom. The minimum atomic E-state index is -0.452. The summed E-state index contributed by atoms with van der Waals surface area (Å²) in [6.45, 7) is 1.50. The number of carbonyl (C=O) groups is 1. The molecule has 1 atom stereocenters. The summed E-state index contributed by atoms with van der Waals surface area (Å²) in [7, 11) is 0. The Bertz CT molecular complexity index is 1740. The van der Waals surface area contributed by atoms with E-state index in [1.807, 2.05) is 6.07 Å². The standard InChI is InChI=1S/C28H24FN5O4/c29-18-5-7-23-24(12-18)34(13-16-9-10-38-15-16)33-26(23)28(37)30-19-6-8-20(17(11-19)14-35)25-21-3-1-2-4-22(21)27(36)32-31-25/h1-8,11-12,16,35H,9-10,13-15H2,(H,30,37)(H,32,36). The van der Waals surface area contributed by atoms with Crippen molar-refractivity contribution in [1.29, 1.82) is 0 Å². The van der Waals surface area contributed by atoms with Gasteiger partial charge in [0.05, 0.1) is 29.8 Å². The van der Waals surface area contributed by atoms with Gasteiger partial charge < -0.3 is 15.2 Å². The monoisotopic (exact) mass is 513 g/mol. The van der Waals surface area contributed by atoms with Crippen molar-refractivity contribution in [1.82, 2.24) is 20.0 Å². The van der Waals surface area contributed by atoms with Gasteiger partial charge in [-0.2, -0.15) is 10.2 Å². The highest BCUT2D eigenvalue weighted by Gasteiger charge is 2.22. The summed E-state index contributed by atoms with van der Waals surface area (Å²) in [5, 5.41) is 25.9. The van der Waals surface area contributed by atoms with Crippen LogP contribution in [0.15, 0.2) is 65.5 Å². The van der Waals surface area contributed by atoms with Crippen molar-refractivity contribution in [3.05, 3.63) is 88.1 Å². The molecule has 3 N–H and O–H groups in total. The molecule has 1 unspecified atom stereocenters. The number of carbonyl (C=O) groups excluding carboxylic acids is 1. The van der Waals surface area contributed by atoms with E-state index in [2.05, 4.69) is 20.6 Å². The Balaban J connectivity index is 1.33. The largest absolute Gasteiger partial charge is 0.392 e. The molecule has 1 aliphatic rings. The second-order valence-electron chi connectivity index (χ2n) is 9.35. The first-order valence-electron chi connectivity index (χ1n) is 12.3. The number of amides is 1. The maximum absolute atomic E-state index is 14.1. The lowest BCUT2D eigenvalue weighted by atomic mass is 9.99. The van der Waals surface area contributed by atoms with Gasteiger partial charge in [0.2, 0.25) is 0 Å². The van der Waals surface area contributed by atoms with Crippen LogP contribution in [0.25, 0.3) is 32.9 Å². The third-order valence-corrected chi connectivity index (χ3v) is 6.87. The van der Waals surface area contributed by atoms with Gasteiger partial charge in [-0.3, -0.25) is 14.3 Å². The molecule has 38 heavy (non-hydrogen) atoms. The predicted molar refractivity (Wildman–Crippen MR) is 140 cm³/mol. The number of aliphatic hydroxyl groups excluding tert-OH is 1. The van der Waals surface area contributed by atoms with Crippen molar-refractivity contribution in [2.75, 3.05) is 18.5 Å². The number of nitrogens with one attached hydrogen (secondary N) is 2. The van der Waals surface area contributed by atoms with Crippen LogP contribution < -0.4 is 10.9 Å². The zero-order valence-electron chi connectivity index (χ0n) is 20.3. The van der Waals surface area contributed by atoms with Gasteiger partial charge in [0, 0.05) is 41.1 Å². The number of anilines is 1. The number of aliphatic hydroxyl groups is 1. The van der Waals surface area contributed by atoms with Gasteiger partial charge in [-0.05, 0) is 48.4 Å². The molecule has 1 saturated heterocycles. The van der Waals surface area contributed by atoms with Crippen LogP contribution >= 0.6 is 0 Å². The Morgan fingerprint density at radius 2 is 1.97 bits per heavy atom. The van der Waals surface area contributed by atoms with Crippen LogP contribution in [0.5, 0.6) is 0 Å². The van der Waals surface area contributed by atoms with Crippen LogP contribution in [0.2, 0.25) is 0 Å². The van der Waals surface area contributed by atoms with Gasteiger partial charge in [0.25, 0.3) is 11.5 Å². The highest BCUT2D eigenvalue weighted by molar-refractivity contribution is 6.11. The third-order valence-electron chi connectivity index (χ3n) is 6.87. The van der Waals surface area contributed by atoms with E-state index in [0.29, 0.717) is 63.9 Å². The van der Waals surface area contributed by atoms with Gasteiger partial charge in [-0.15, -0.1) is 0 Å². The smallest absolute Gasteiger partial charge is 0.276 e. The Kier molecular flexibility index (Phi) is 6.18. The van der Waals surface area contributed by atoms with Crippen molar-refractivity contribution in [2.45, 2.75) is 19.6 Å². The third kappa shape index (κ3) is 4.33. The van der Waals surface area contributed by atoms with Gasteiger partial charge in [0.15, 0.2) is 5.69 Å². The molecule has 1 amide bonds. The molecule has 192 valence electrons. The normalized spacial score (nSPS) is 15.4. The minimum absolute atomic E-state index is 0.182. The lowest BCUT2D eigenvalue weighted by Gasteiger charge is -2.12. The molecule has 1 fully saturated rings. The lowest BCUT2D eigenvalue weighted by Crippen LogP contribution is -2.16. The number of rotatable bonds is 6. The van der Waals surface area contributed by atoms with E-state index in [0.717, 1.165) is 6.42 Å². The first kappa shape index (κ1) is 24.0.